The van der Waals surface area contributed by atoms with E-state index in [4.69, 9.17) is 4.52 Å². The van der Waals surface area contributed by atoms with Gasteiger partial charge in [-0.25, -0.2) is 0 Å². The second-order valence-corrected chi connectivity index (χ2v) is 5.50. The van der Waals surface area contributed by atoms with Gasteiger partial charge in [-0.2, -0.15) is 13.2 Å². The number of hydrogen-bond donors (Lipinski definition) is 1. The van der Waals surface area contributed by atoms with Crippen LogP contribution in [0.25, 0.3) is 11.3 Å². The number of amides is 2. The van der Waals surface area contributed by atoms with E-state index in [-0.39, 0.29) is 18.7 Å². The Hall–Kier alpha value is -2.91. The normalized spacial score (nSPS) is 17.8. The highest BCUT2D eigenvalue weighted by molar-refractivity contribution is 5.97. The lowest BCUT2D eigenvalue weighted by Gasteiger charge is -2.18. The summed E-state index contributed by atoms with van der Waals surface area (Å²) in [6, 6.07) is 3.71. The summed E-state index contributed by atoms with van der Waals surface area (Å²) in [5.41, 5.74) is 0.601. The van der Waals surface area contributed by atoms with Crippen LogP contribution in [-0.2, 0) is 4.79 Å². The number of hydrogen-bond acceptors (Lipinski definition) is 5. The minimum absolute atomic E-state index is 0.0612. The number of halogens is 3. The Bertz CT molecular complexity index is 776. The molecule has 3 heterocycles. The number of nitrogens with one attached hydrogen (secondary N) is 1. The summed E-state index contributed by atoms with van der Waals surface area (Å²) < 4.78 is 42.2. The zero-order valence-electron chi connectivity index (χ0n) is 12.8. The molecule has 0 saturated carbocycles. The summed E-state index contributed by atoms with van der Waals surface area (Å²) in [6.07, 6.45) is -1.27. The van der Waals surface area contributed by atoms with Gasteiger partial charge in [-0.1, -0.05) is 5.16 Å². The second kappa shape index (κ2) is 6.54. The van der Waals surface area contributed by atoms with Crippen LogP contribution in [0.2, 0.25) is 0 Å². The van der Waals surface area contributed by atoms with E-state index in [0.29, 0.717) is 16.2 Å². The van der Waals surface area contributed by atoms with Gasteiger partial charge in [0, 0.05) is 30.6 Å². The number of nitrogens with zero attached hydrogens (tertiary/aromatic N) is 3. The van der Waals surface area contributed by atoms with Gasteiger partial charge in [0.25, 0.3) is 5.91 Å². The van der Waals surface area contributed by atoms with Crippen molar-refractivity contribution in [2.24, 2.45) is 0 Å². The Morgan fingerprint density at radius 2 is 2.08 bits per heavy atom. The van der Waals surface area contributed by atoms with Crippen LogP contribution in [0.3, 0.4) is 0 Å². The molecule has 0 aromatic carbocycles. The summed E-state index contributed by atoms with van der Waals surface area (Å²) in [7, 11) is 0. The number of alkyl halides is 3. The third-order valence-corrected chi connectivity index (χ3v) is 3.68. The van der Waals surface area contributed by atoms with Crippen molar-refractivity contribution in [1.82, 2.24) is 20.4 Å². The lowest BCUT2D eigenvalue weighted by molar-refractivity contribution is -0.157. The van der Waals surface area contributed by atoms with Crippen LogP contribution in [-0.4, -0.2) is 52.2 Å². The van der Waals surface area contributed by atoms with E-state index in [9.17, 15) is 22.8 Å². The minimum Gasteiger partial charge on any atom is -0.355 e. The van der Waals surface area contributed by atoms with Gasteiger partial charge in [-0.3, -0.25) is 14.6 Å². The van der Waals surface area contributed by atoms with E-state index in [1.54, 1.807) is 24.5 Å². The summed E-state index contributed by atoms with van der Waals surface area (Å²) in [4.78, 5) is 28.6. The molecule has 1 unspecified atom stereocenters. The molecule has 10 heteroatoms. The van der Waals surface area contributed by atoms with Crippen LogP contribution in [0, 0.1) is 0 Å². The van der Waals surface area contributed by atoms with Crippen molar-refractivity contribution in [1.29, 1.82) is 0 Å². The molecule has 1 aliphatic heterocycles. The van der Waals surface area contributed by atoms with Gasteiger partial charge in [-0.15, -0.1) is 0 Å². The van der Waals surface area contributed by atoms with E-state index in [2.05, 4.69) is 15.5 Å². The van der Waals surface area contributed by atoms with E-state index >= 15 is 0 Å². The van der Waals surface area contributed by atoms with Crippen molar-refractivity contribution in [3.8, 4) is 11.3 Å². The van der Waals surface area contributed by atoms with Crippen LogP contribution < -0.4 is 5.32 Å². The van der Waals surface area contributed by atoms with Crippen LogP contribution in [0.15, 0.2) is 35.1 Å². The summed E-state index contributed by atoms with van der Waals surface area (Å²) in [5.74, 6) is -1.11. The lowest BCUT2D eigenvalue weighted by atomic mass is 10.2. The fourth-order valence-electron chi connectivity index (χ4n) is 2.51. The number of rotatable bonds is 4. The first-order chi connectivity index (χ1) is 11.8. The van der Waals surface area contributed by atoms with Gasteiger partial charge >= 0.3 is 6.18 Å². The summed E-state index contributed by atoms with van der Waals surface area (Å²) >= 11 is 0. The third-order valence-electron chi connectivity index (χ3n) is 3.68. The highest BCUT2D eigenvalue weighted by atomic mass is 19.4. The highest BCUT2D eigenvalue weighted by Gasteiger charge is 2.40. The molecule has 1 atom stereocenters. The molecule has 1 saturated heterocycles. The van der Waals surface area contributed by atoms with Crippen LogP contribution in [0.1, 0.15) is 16.9 Å². The molecule has 1 fully saturated rings. The zero-order valence-corrected chi connectivity index (χ0v) is 12.8. The topological polar surface area (TPSA) is 88.3 Å². The van der Waals surface area contributed by atoms with Crippen molar-refractivity contribution in [3.05, 3.63) is 36.3 Å². The molecular formula is C15H13F3N4O3. The lowest BCUT2D eigenvalue weighted by Crippen LogP contribution is -2.43. The molecule has 2 aromatic rings. The standard InChI is InChI=1S/C15H13F3N4O3/c16-15(17,18)8-22-6-3-10(14(22)24)20-13(23)11-7-12(25-21-11)9-1-4-19-5-2-9/h1-2,4-5,7,10H,3,6,8H2,(H,20,23). The Balaban J connectivity index is 1.64. The maximum absolute atomic E-state index is 12.4. The molecule has 2 aromatic heterocycles. The average molecular weight is 354 g/mol. The number of carbonyl (C=O) groups is 2. The third kappa shape index (κ3) is 3.95. The SMILES string of the molecule is O=C(NC1CCN(CC(F)(F)F)C1=O)c1cc(-c2ccncc2)on1. The Labute approximate surface area is 139 Å². The van der Waals surface area contributed by atoms with Crippen LogP contribution in [0.5, 0.6) is 0 Å². The van der Waals surface area contributed by atoms with Crippen LogP contribution in [0.4, 0.5) is 13.2 Å². The van der Waals surface area contributed by atoms with Crippen molar-refractivity contribution < 1.29 is 27.3 Å². The molecule has 0 bridgehead atoms. The second-order valence-electron chi connectivity index (χ2n) is 5.50. The molecule has 0 aliphatic carbocycles. The maximum atomic E-state index is 12.4. The first-order valence-electron chi connectivity index (χ1n) is 7.37. The van der Waals surface area contributed by atoms with Gasteiger partial charge in [0.15, 0.2) is 11.5 Å². The first kappa shape index (κ1) is 16.9. The van der Waals surface area contributed by atoms with Gasteiger partial charge in [0.05, 0.1) is 0 Å². The van der Waals surface area contributed by atoms with E-state index in [0.717, 1.165) is 0 Å². The van der Waals surface area contributed by atoms with Gasteiger partial charge in [0.1, 0.15) is 12.6 Å². The molecule has 3 rings (SSSR count). The Morgan fingerprint density at radius 1 is 1.36 bits per heavy atom. The molecule has 1 N–H and O–H groups in total. The monoisotopic (exact) mass is 354 g/mol. The number of pyridine rings is 1. The van der Waals surface area contributed by atoms with Crippen LogP contribution >= 0.6 is 0 Å². The smallest absolute Gasteiger partial charge is 0.355 e. The quantitative estimate of drug-likeness (QED) is 0.902. The summed E-state index contributed by atoms with van der Waals surface area (Å²) in [6.45, 7) is -1.39. The van der Waals surface area contributed by atoms with E-state index in [1.165, 1.54) is 6.07 Å². The average Bonchev–Trinajstić information content (AvgIpc) is 3.17. The predicted octanol–water partition coefficient (Wildman–Crippen LogP) is 1.63. The van der Waals surface area contributed by atoms with E-state index in [1.807, 2.05) is 0 Å². The number of carbonyl (C=O) groups excluding carboxylic acids is 2. The maximum Gasteiger partial charge on any atom is 0.406 e. The summed E-state index contributed by atoms with van der Waals surface area (Å²) in [5, 5.41) is 6.02. The van der Waals surface area contributed by atoms with Crippen molar-refractivity contribution in [2.75, 3.05) is 13.1 Å². The molecule has 0 spiro atoms. The van der Waals surface area contributed by atoms with Crippen molar-refractivity contribution >= 4 is 11.8 Å². The molecule has 25 heavy (non-hydrogen) atoms. The fraction of sp³-hybridized carbons (Fsp3) is 0.333. The fourth-order valence-corrected chi connectivity index (χ4v) is 2.51. The first-order valence-corrected chi connectivity index (χ1v) is 7.37. The van der Waals surface area contributed by atoms with Gasteiger partial charge in [0.2, 0.25) is 5.91 Å². The highest BCUT2D eigenvalue weighted by Crippen LogP contribution is 2.22. The molecule has 1 aliphatic rings. The Kier molecular flexibility index (Phi) is 4.43. The molecule has 7 nitrogen and oxygen atoms in total. The largest absolute Gasteiger partial charge is 0.406 e. The Morgan fingerprint density at radius 3 is 2.76 bits per heavy atom. The number of likely N-dealkylation sites (tertiary alicyclic amines) is 1. The molecule has 132 valence electrons. The molecule has 0 radical (unpaired) electrons. The van der Waals surface area contributed by atoms with E-state index < -0.39 is 30.6 Å². The molecule has 2 amide bonds. The zero-order chi connectivity index (χ0) is 18.0. The van der Waals surface area contributed by atoms with Crippen molar-refractivity contribution in [2.45, 2.75) is 18.6 Å². The van der Waals surface area contributed by atoms with Crippen molar-refractivity contribution in [3.63, 3.8) is 0 Å². The number of aromatic nitrogens is 2. The minimum atomic E-state index is -4.47. The van der Waals surface area contributed by atoms with Gasteiger partial charge in [-0.05, 0) is 18.6 Å². The van der Waals surface area contributed by atoms with Gasteiger partial charge < -0.3 is 14.7 Å². The predicted molar refractivity (Wildman–Crippen MR) is 78.2 cm³/mol. The molecular weight excluding hydrogens is 341 g/mol.